The molecule has 1 aliphatic heterocycles. The van der Waals surface area contributed by atoms with Crippen LogP contribution in [0.2, 0.25) is 0 Å². The molecule has 2 atom stereocenters. The second-order valence-corrected chi connectivity index (χ2v) is 7.62. The molecule has 1 aliphatic rings. The van der Waals surface area contributed by atoms with Crippen LogP contribution in [0.4, 0.5) is 0 Å². The molecule has 0 saturated carbocycles. The largest absolute Gasteiger partial charge is 0.493 e. The molecule has 0 bridgehead atoms. The van der Waals surface area contributed by atoms with E-state index in [-0.39, 0.29) is 24.0 Å². The van der Waals surface area contributed by atoms with E-state index in [9.17, 15) is 9.59 Å². The monoisotopic (exact) mass is 391 g/mol. The Morgan fingerprint density at radius 2 is 1.89 bits per heavy atom. The topological polar surface area (TPSA) is 79.9 Å². The van der Waals surface area contributed by atoms with Crippen LogP contribution in [0.1, 0.15) is 45.6 Å². The molecule has 0 aromatic heterocycles. The molecule has 1 fully saturated rings. The molecule has 0 radical (unpaired) electrons. The fourth-order valence-corrected chi connectivity index (χ4v) is 3.50. The highest BCUT2D eigenvalue weighted by Gasteiger charge is 2.31. The van der Waals surface area contributed by atoms with Crippen LogP contribution >= 0.6 is 0 Å². The molecular formula is C21H33N3O4. The van der Waals surface area contributed by atoms with Crippen molar-refractivity contribution in [2.24, 2.45) is 0 Å². The van der Waals surface area contributed by atoms with Gasteiger partial charge in [0.15, 0.2) is 11.5 Å². The number of hydrogen-bond acceptors (Lipinski definition) is 5. The summed E-state index contributed by atoms with van der Waals surface area (Å²) >= 11 is 0. The van der Waals surface area contributed by atoms with Gasteiger partial charge in [-0.05, 0) is 51.4 Å². The fraction of sp³-hybridized carbons (Fsp3) is 0.619. The Kier molecular flexibility index (Phi) is 8.11. The predicted octanol–water partition coefficient (Wildman–Crippen LogP) is 2.09. The van der Waals surface area contributed by atoms with E-state index in [1.54, 1.807) is 7.11 Å². The maximum absolute atomic E-state index is 12.4. The van der Waals surface area contributed by atoms with Crippen LogP contribution in [0.5, 0.6) is 11.5 Å². The number of nitrogens with one attached hydrogen (secondary N) is 2. The Balaban J connectivity index is 1.83. The predicted molar refractivity (Wildman–Crippen MR) is 108 cm³/mol. The van der Waals surface area contributed by atoms with Crippen LogP contribution < -0.4 is 20.1 Å². The van der Waals surface area contributed by atoms with Gasteiger partial charge in [-0.1, -0.05) is 6.07 Å². The van der Waals surface area contributed by atoms with E-state index >= 15 is 0 Å². The molecule has 0 spiro atoms. The van der Waals surface area contributed by atoms with Crippen molar-refractivity contribution in [3.8, 4) is 11.5 Å². The zero-order chi connectivity index (χ0) is 20.7. The van der Waals surface area contributed by atoms with Gasteiger partial charge in [0.25, 0.3) is 0 Å². The quantitative estimate of drug-likeness (QED) is 0.674. The Morgan fingerprint density at radius 1 is 1.18 bits per heavy atom. The molecule has 28 heavy (non-hydrogen) atoms. The van der Waals surface area contributed by atoms with Gasteiger partial charge in [-0.3, -0.25) is 14.5 Å². The van der Waals surface area contributed by atoms with E-state index in [4.69, 9.17) is 9.47 Å². The third kappa shape index (κ3) is 6.41. The van der Waals surface area contributed by atoms with Crippen LogP contribution in [0.25, 0.3) is 0 Å². The van der Waals surface area contributed by atoms with Crippen LogP contribution in [0, 0.1) is 0 Å². The molecule has 7 nitrogen and oxygen atoms in total. The van der Waals surface area contributed by atoms with E-state index < -0.39 is 0 Å². The number of nitrogens with zero attached hydrogens (tertiary/aromatic N) is 1. The fourth-order valence-electron chi connectivity index (χ4n) is 3.50. The van der Waals surface area contributed by atoms with Crippen molar-refractivity contribution in [2.45, 2.75) is 64.8 Å². The summed E-state index contributed by atoms with van der Waals surface area (Å²) in [4.78, 5) is 25.7. The molecule has 2 N–H and O–H groups in total. The maximum Gasteiger partial charge on any atom is 0.221 e. The number of benzene rings is 1. The SMILES string of the molecule is COc1cc(CNC(=O)C[C@@H]2CC[C@H](CNC(C)=O)N2C)ccc1OC(C)C. The number of amides is 2. The van der Waals surface area contributed by atoms with Gasteiger partial charge in [-0.25, -0.2) is 0 Å². The smallest absolute Gasteiger partial charge is 0.221 e. The second-order valence-electron chi connectivity index (χ2n) is 7.62. The highest BCUT2D eigenvalue weighted by molar-refractivity contribution is 5.76. The number of methoxy groups -OCH3 is 1. The minimum atomic E-state index is -0.0187. The molecule has 156 valence electrons. The van der Waals surface area contributed by atoms with Crippen molar-refractivity contribution in [3.05, 3.63) is 23.8 Å². The zero-order valence-corrected chi connectivity index (χ0v) is 17.6. The molecule has 1 saturated heterocycles. The highest BCUT2D eigenvalue weighted by atomic mass is 16.5. The molecule has 1 aromatic carbocycles. The number of carbonyl (C=O) groups excluding carboxylic acids is 2. The minimum absolute atomic E-state index is 0.0187. The molecule has 2 amide bonds. The van der Waals surface area contributed by atoms with Crippen LogP contribution in [-0.2, 0) is 16.1 Å². The van der Waals surface area contributed by atoms with Gasteiger partial charge in [-0.15, -0.1) is 0 Å². The average Bonchev–Trinajstić information content (AvgIpc) is 2.98. The molecule has 7 heteroatoms. The number of likely N-dealkylation sites (tertiary alicyclic amines) is 1. The summed E-state index contributed by atoms with van der Waals surface area (Å²) in [6.45, 7) is 6.54. The van der Waals surface area contributed by atoms with Crippen molar-refractivity contribution in [3.63, 3.8) is 0 Å². The van der Waals surface area contributed by atoms with E-state index in [1.165, 1.54) is 6.92 Å². The highest BCUT2D eigenvalue weighted by Crippen LogP contribution is 2.29. The standard InChI is InChI=1S/C21H33N3O4/c1-14(2)28-19-9-6-16(10-20(19)27-5)12-23-21(26)11-17-7-8-18(24(17)4)13-22-15(3)25/h6,9-10,14,17-18H,7-8,11-13H2,1-5H3,(H,22,25)(H,23,26)/t17-,18+/m0/s1. The van der Waals surface area contributed by atoms with Gasteiger partial charge in [0.05, 0.1) is 13.2 Å². The number of hydrogen-bond donors (Lipinski definition) is 2. The van der Waals surface area contributed by atoms with Gasteiger partial charge < -0.3 is 20.1 Å². The second kappa shape index (κ2) is 10.3. The van der Waals surface area contributed by atoms with Crippen LogP contribution in [0.15, 0.2) is 18.2 Å². The Morgan fingerprint density at radius 3 is 2.54 bits per heavy atom. The molecule has 1 aromatic rings. The minimum Gasteiger partial charge on any atom is -0.493 e. The van der Waals surface area contributed by atoms with E-state index in [2.05, 4.69) is 15.5 Å². The third-order valence-corrected chi connectivity index (χ3v) is 5.07. The molecular weight excluding hydrogens is 358 g/mol. The van der Waals surface area contributed by atoms with Crippen molar-refractivity contribution >= 4 is 11.8 Å². The first-order chi connectivity index (χ1) is 13.3. The summed E-state index contributed by atoms with van der Waals surface area (Å²) in [6.07, 6.45) is 2.47. The summed E-state index contributed by atoms with van der Waals surface area (Å²) in [5, 5.41) is 5.85. The Labute approximate surface area is 167 Å². The molecule has 0 unspecified atom stereocenters. The van der Waals surface area contributed by atoms with Crippen molar-refractivity contribution in [2.75, 3.05) is 20.7 Å². The lowest BCUT2D eigenvalue weighted by atomic mass is 10.1. The molecule has 1 heterocycles. The first-order valence-electron chi connectivity index (χ1n) is 9.86. The van der Waals surface area contributed by atoms with Crippen molar-refractivity contribution < 1.29 is 19.1 Å². The molecule has 0 aliphatic carbocycles. The first-order valence-corrected chi connectivity index (χ1v) is 9.86. The van der Waals surface area contributed by atoms with Crippen LogP contribution in [-0.4, -0.2) is 55.6 Å². The third-order valence-electron chi connectivity index (χ3n) is 5.07. The van der Waals surface area contributed by atoms with Gasteiger partial charge in [0.1, 0.15) is 0 Å². The van der Waals surface area contributed by atoms with E-state index in [1.807, 2.05) is 39.1 Å². The Bertz CT molecular complexity index is 678. The number of carbonyl (C=O) groups is 2. The van der Waals surface area contributed by atoms with Crippen molar-refractivity contribution in [1.29, 1.82) is 0 Å². The van der Waals surface area contributed by atoms with Crippen molar-refractivity contribution in [1.82, 2.24) is 15.5 Å². The lowest BCUT2D eigenvalue weighted by Gasteiger charge is -2.25. The zero-order valence-electron chi connectivity index (χ0n) is 17.6. The lowest BCUT2D eigenvalue weighted by molar-refractivity contribution is -0.122. The van der Waals surface area contributed by atoms with E-state index in [0.29, 0.717) is 37.1 Å². The summed E-state index contributed by atoms with van der Waals surface area (Å²) in [7, 11) is 3.63. The summed E-state index contributed by atoms with van der Waals surface area (Å²) in [5.74, 6) is 1.37. The van der Waals surface area contributed by atoms with E-state index in [0.717, 1.165) is 18.4 Å². The van der Waals surface area contributed by atoms with Gasteiger partial charge in [-0.2, -0.15) is 0 Å². The summed E-state index contributed by atoms with van der Waals surface area (Å²) in [6, 6.07) is 6.20. The maximum atomic E-state index is 12.4. The number of likely N-dealkylation sites (N-methyl/N-ethyl adjacent to an activating group) is 1. The summed E-state index contributed by atoms with van der Waals surface area (Å²) < 4.78 is 11.1. The Hall–Kier alpha value is -2.28. The number of ether oxygens (including phenoxy) is 2. The van der Waals surface area contributed by atoms with Gasteiger partial charge in [0, 0.05) is 38.5 Å². The summed E-state index contributed by atoms with van der Waals surface area (Å²) in [5.41, 5.74) is 0.963. The average molecular weight is 392 g/mol. The molecule has 2 rings (SSSR count). The van der Waals surface area contributed by atoms with Crippen LogP contribution in [0.3, 0.4) is 0 Å². The van der Waals surface area contributed by atoms with Gasteiger partial charge in [0.2, 0.25) is 11.8 Å². The first kappa shape index (κ1) is 22.0. The lowest BCUT2D eigenvalue weighted by Crippen LogP contribution is -2.41. The normalized spacial score (nSPS) is 19.5. The number of rotatable bonds is 9. The van der Waals surface area contributed by atoms with Gasteiger partial charge >= 0.3 is 0 Å².